The Hall–Kier alpha value is -8.76. The van der Waals surface area contributed by atoms with Crippen LogP contribution in [-0.2, 0) is 32.5 Å². The number of rotatable bonds is 8. The van der Waals surface area contributed by atoms with Crippen LogP contribution in [0.4, 0.5) is 0 Å². The van der Waals surface area contributed by atoms with E-state index in [-0.39, 0.29) is 44.0 Å². The Labute approximate surface area is 508 Å². The molecular weight excluding hydrogens is 1060 g/mol. The topological polar surface area (TPSA) is 128 Å². The molecule has 0 saturated carbocycles. The van der Waals surface area contributed by atoms with E-state index in [9.17, 15) is 10.2 Å². The second-order valence-corrected chi connectivity index (χ2v) is 29.5. The van der Waals surface area contributed by atoms with Crippen molar-refractivity contribution in [2.24, 2.45) is 0 Å². The van der Waals surface area contributed by atoms with E-state index in [4.69, 9.17) is 19.9 Å². The summed E-state index contributed by atoms with van der Waals surface area (Å²) in [6.07, 6.45) is 8.95. The van der Waals surface area contributed by atoms with Gasteiger partial charge in [-0.1, -0.05) is 173 Å². The SMILES string of the molecule is CC(C)(C)c1cc(-c2cc(-c3cc(-c4cccc5c4nc(-c4cc(C(C)(C)C)cc(C(C)(C)C)c4O)n5-c4cccnc4)cc(C(C)(C)C)c3)ncn2)cc(-c2cccc3c2nc(-c2cc(C(C)(C)C)cc(C(C)(C)C)c2O)n3-c2cccnc2)c1. The molecule has 0 bridgehead atoms. The fourth-order valence-corrected chi connectivity index (χ4v) is 11.5. The van der Waals surface area contributed by atoms with Crippen molar-refractivity contribution in [1.29, 1.82) is 0 Å². The van der Waals surface area contributed by atoms with Crippen LogP contribution in [0.5, 0.6) is 11.5 Å². The standard InChI is InChI=1S/C76H82N8O2/c1-71(2,3)49-33-45(55-25-19-27-63-65(55)81-69(83(63)53-23-21-29-77-42-53)57-37-51(73(7,8)9)39-59(67(57)85)75(13,14)15)31-47(35-49)61-41-62(80-44-79-61)48-32-46(34-50(36-48)72(4,5)6)56-26-20-28-64-66(56)82-70(84(64)54-24-22-30-78-43-54)58-38-52(74(10,11)12)40-60(68(58)86)76(16,17)18/h19-44,85-86H,1-18H3. The quantitative estimate of drug-likeness (QED) is 0.154. The molecule has 10 heteroatoms. The zero-order chi connectivity index (χ0) is 61.8. The lowest BCUT2D eigenvalue weighted by Crippen LogP contribution is -2.17. The number of fused-ring (bicyclic) bond motifs is 2. The first-order chi connectivity index (χ1) is 40.3. The maximum atomic E-state index is 12.4. The van der Waals surface area contributed by atoms with Crippen LogP contribution in [0, 0.1) is 0 Å². The van der Waals surface area contributed by atoms with Crippen molar-refractivity contribution in [2.75, 3.05) is 0 Å². The number of para-hydroxylation sites is 2. The van der Waals surface area contributed by atoms with E-state index in [1.165, 1.54) is 0 Å². The maximum Gasteiger partial charge on any atom is 0.149 e. The Morgan fingerprint density at radius 2 is 0.709 bits per heavy atom. The van der Waals surface area contributed by atoms with Gasteiger partial charge < -0.3 is 10.2 Å². The number of aromatic nitrogens is 8. The Morgan fingerprint density at radius 1 is 0.349 bits per heavy atom. The van der Waals surface area contributed by atoms with Crippen molar-refractivity contribution in [3.63, 3.8) is 0 Å². The molecule has 0 atom stereocenters. The first kappa shape index (κ1) is 59.0. The highest BCUT2D eigenvalue weighted by Gasteiger charge is 2.32. The van der Waals surface area contributed by atoms with Gasteiger partial charge in [0, 0.05) is 45.8 Å². The minimum atomic E-state index is -0.340. The molecule has 5 aromatic heterocycles. The smallest absolute Gasteiger partial charge is 0.149 e. The monoisotopic (exact) mass is 1140 g/mol. The molecule has 0 unspecified atom stereocenters. The van der Waals surface area contributed by atoms with Crippen LogP contribution >= 0.6 is 0 Å². The van der Waals surface area contributed by atoms with E-state index in [0.29, 0.717) is 22.8 Å². The molecule has 438 valence electrons. The molecule has 11 aromatic rings. The third-order valence-corrected chi connectivity index (χ3v) is 16.7. The third-order valence-electron chi connectivity index (χ3n) is 16.7. The van der Waals surface area contributed by atoms with Crippen LogP contribution in [0.15, 0.2) is 159 Å². The van der Waals surface area contributed by atoms with Gasteiger partial charge in [-0.15, -0.1) is 0 Å². The fraction of sp³-hybridized carbons (Fsp3) is 0.316. The van der Waals surface area contributed by atoms with E-state index in [1.807, 2.05) is 36.7 Å². The van der Waals surface area contributed by atoms with Gasteiger partial charge in [0.05, 0.1) is 68.4 Å². The molecule has 2 N–H and O–H groups in total. The van der Waals surface area contributed by atoms with Crippen LogP contribution in [0.3, 0.4) is 0 Å². The summed E-state index contributed by atoms with van der Waals surface area (Å²) in [5.74, 6) is 1.72. The number of phenols is 2. The second-order valence-electron chi connectivity index (χ2n) is 29.5. The number of imidazole rings is 2. The lowest BCUT2D eigenvalue weighted by Gasteiger charge is -2.27. The number of phenolic OH excluding ortho intramolecular Hbond substituents is 2. The van der Waals surface area contributed by atoms with Crippen LogP contribution in [0.2, 0.25) is 0 Å². The average Bonchev–Trinajstić information content (AvgIpc) is 1.64. The van der Waals surface area contributed by atoms with Crippen molar-refractivity contribution >= 4 is 22.1 Å². The van der Waals surface area contributed by atoms with E-state index in [2.05, 4.69) is 247 Å². The molecule has 0 amide bonds. The second kappa shape index (κ2) is 21.0. The van der Waals surface area contributed by atoms with Crippen molar-refractivity contribution in [2.45, 2.75) is 157 Å². The minimum Gasteiger partial charge on any atom is -0.507 e. The molecule has 11 rings (SSSR count). The highest BCUT2D eigenvalue weighted by molar-refractivity contribution is 5.98. The zero-order valence-corrected chi connectivity index (χ0v) is 53.5. The van der Waals surface area contributed by atoms with Crippen LogP contribution < -0.4 is 0 Å². The molecule has 86 heavy (non-hydrogen) atoms. The van der Waals surface area contributed by atoms with Crippen LogP contribution in [0.1, 0.15) is 158 Å². The largest absolute Gasteiger partial charge is 0.507 e. The van der Waals surface area contributed by atoms with Gasteiger partial charge in [-0.05, 0) is 145 Å². The highest BCUT2D eigenvalue weighted by atomic mass is 16.3. The van der Waals surface area contributed by atoms with Crippen molar-refractivity contribution in [3.8, 4) is 90.4 Å². The zero-order valence-electron chi connectivity index (χ0n) is 53.5. The summed E-state index contributed by atoms with van der Waals surface area (Å²) in [7, 11) is 0. The highest BCUT2D eigenvalue weighted by Crippen LogP contribution is 2.48. The average molecular weight is 1140 g/mol. The molecule has 0 fully saturated rings. The van der Waals surface area contributed by atoms with Crippen molar-refractivity contribution in [3.05, 3.63) is 192 Å². The Morgan fingerprint density at radius 3 is 1.05 bits per heavy atom. The number of hydrogen-bond donors (Lipinski definition) is 2. The van der Waals surface area contributed by atoms with E-state index < -0.39 is 0 Å². The van der Waals surface area contributed by atoms with E-state index >= 15 is 0 Å². The van der Waals surface area contributed by atoms with Crippen LogP contribution in [-0.4, -0.2) is 49.3 Å². The van der Waals surface area contributed by atoms with E-state index in [1.54, 1.807) is 18.7 Å². The first-order valence-corrected chi connectivity index (χ1v) is 30.0. The molecule has 0 aliphatic rings. The fourth-order valence-electron chi connectivity index (χ4n) is 11.5. The van der Waals surface area contributed by atoms with Crippen molar-refractivity contribution < 1.29 is 10.2 Å². The van der Waals surface area contributed by atoms with Gasteiger partial charge in [-0.2, -0.15) is 0 Å². The normalized spacial score (nSPS) is 12.9. The predicted octanol–water partition coefficient (Wildman–Crippen LogP) is 19.1. The van der Waals surface area contributed by atoms with E-state index in [0.717, 1.165) is 112 Å². The summed E-state index contributed by atoms with van der Waals surface area (Å²) in [5.41, 5.74) is 18.5. The Balaban J connectivity index is 1.09. The molecule has 10 nitrogen and oxygen atoms in total. The Kier molecular flexibility index (Phi) is 14.4. The van der Waals surface area contributed by atoms with Gasteiger partial charge in [-0.25, -0.2) is 19.9 Å². The lowest BCUT2D eigenvalue weighted by atomic mass is 9.79. The van der Waals surface area contributed by atoms with Gasteiger partial charge in [-0.3, -0.25) is 19.1 Å². The molecule has 5 heterocycles. The third kappa shape index (κ3) is 11.1. The number of nitrogens with zero attached hydrogens (tertiary/aromatic N) is 8. The van der Waals surface area contributed by atoms with Crippen LogP contribution in [0.25, 0.3) is 101 Å². The van der Waals surface area contributed by atoms with Gasteiger partial charge >= 0.3 is 0 Å². The summed E-state index contributed by atoms with van der Waals surface area (Å²) in [6.45, 7) is 39.6. The number of benzene rings is 6. The molecule has 0 aliphatic carbocycles. The first-order valence-electron chi connectivity index (χ1n) is 30.0. The van der Waals surface area contributed by atoms with Gasteiger partial charge in [0.15, 0.2) is 0 Å². The lowest BCUT2D eigenvalue weighted by molar-refractivity contribution is 0.445. The number of aromatic hydroxyl groups is 2. The number of pyridine rings is 2. The molecular formula is C76H82N8O2. The molecule has 0 radical (unpaired) electrons. The number of hydrogen-bond acceptors (Lipinski definition) is 8. The van der Waals surface area contributed by atoms with Gasteiger partial charge in [0.25, 0.3) is 0 Å². The Bertz CT molecular complexity index is 4130. The van der Waals surface area contributed by atoms with Gasteiger partial charge in [0.2, 0.25) is 0 Å². The molecule has 6 aromatic carbocycles. The van der Waals surface area contributed by atoms with Gasteiger partial charge in [0.1, 0.15) is 29.5 Å². The van der Waals surface area contributed by atoms with Crippen molar-refractivity contribution in [1.82, 2.24) is 39.0 Å². The summed E-state index contributed by atoms with van der Waals surface area (Å²) < 4.78 is 4.27. The minimum absolute atomic E-state index is 0.199. The summed E-state index contributed by atoms with van der Waals surface area (Å²) in [4.78, 5) is 30.3. The summed E-state index contributed by atoms with van der Waals surface area (Å²) >= 11 is 0. The molecule has 0 spiro atoms. The molecule has 0 aliphatic heterocycles. The summed E-state index contributed by atoms with van der Waals surface area (Å²) in [5, 5.41) is 24.7. The summed E-state index contributed by atoms with van der Waals surface area (Å²) in [6, 6.07) is 44.8. The molecule has 0 saturated heterocycles. The predicted molar refractivity (Wildman–Crippen MR) is 355 cm³/mol. The maximum absolute atomic E-state index is 12.4.